The number of amides is 1. The zero-order chi connectivity index (χ0) is 23.1. The van der Waals surface area contributed by atoms with Gasteiger partial charge in [0.1, 0.15) is 0 Å². The summed E-state index contributed by atoms with van der Waals surface area (Å²) < 4.78 is 1.47. The number of para-hydroxylation sites is 1. The molecule has 6 rings (SSSR count). The molecule has 1 atom stereocenters. The number of aromatic amines is 1. The average Bonchev–Trinajstić information content (AvgIpc) is 3.49. The van der Waals surface area contributed by atoms with E-state index < -0.39 is 0 Å². The number of H-pyrrole nitrogens is 1. The van der Waals surface area contributed by atoms with Gasteiger partial charge in [0.05, 0.1) is 11.6 Å². The molecule has 0 unspecified atom stereocenters. The third-order valence-electron chi connectivity index (χ3n) is 7.10. The maximum atomic E-state index is 12.9. The van der Waals surface area contributed by atoms with E-state index in [9.17, 15) is 9.59 Å². The van der Waals surface area contributed by atoms with Crippen LogP contribution in [0.25, 0.3) is 15.9 Å². The van der Waals surface area contributed by atoms with Gasteiger partial charge >= 0.3 is 0 Å². The maximum Gasteiger partial charge on any atom is 0.278 e. The quantitative estimate of drug-likeness (QED) is 0.462. The fraction of sp³-hybridized carbons (Fsp3) is 0.440. The van der Waals surface area contributed by atoms with Crippen molar-refractivity contribution < 1.29 is 4.79 Å². The summed E-state index contributed by atoms with van der Waals surface area (Å²) in [6.45, 7) is 2.07. The summed E-state index contributed by atoms with van der Waals surface area (Å²) in [6, 6.07) is 8.23. The first kappa shape index (κ1) is 21.3. The fourth-order valence-electron chi connectivity index (χ4n) is 5.26. The summed E-state index contributed by atoms with van der Waals surface area (Å²) in [5.41, 5.74) is 4.09. The molecule has 0 bridgehead atoms. The molecule has 1 amide bonds. The highest BCUT2D eigenvalue weighted by Gasteiger charge is 2.28. The van der Waals surface area contributed by atoms with E-state index >= 15 is 0 Å². The lowest BCUT2D eigenvalue weighted by Crippen LogP contribution is -2.43. The topological polar surface area (TPSA) is 95.4 Å². The number of hydrogen-bond donors (Lipinski definition) is 2. The number of carbonyl (C=O) groups excluding carboxylic acids is 1. The van der Waals surface area contributed by atoms with E-state index in [1.807, 2.05) is 18.3 Å². The molecular formula is C25H28N6O2S. The minimum Gasteiger partial charge on any atom is -0.361 e. The van der Waals surface area contributed by atoms with Crippen LogP contribution in [-0.4, -0.2) is 45.1 Å². The van der Waals surface area contributed by atoms with Gasteiger partial charge in [-0.15, -0.1) is 5.10 Å². The minimum absolute atomic E-state index is 0.0224. The lowest BCUT2D eigenvalue weighted by atomic mass is 9.97. The van der Waals surface area contributed by atoms with Gasteiger partial charge in [-0.05, 0) is 56.6 Å². The monoisotopic (exact) mass is 476 g/mol. The number of carbonyl (C=O) groups is 1. The van der Waals surface area contributed by atoms with E-state index in [-0.39, 0.29) is 17.4 Å². The van der Waals surface area contributed by atoms with Gasteiger partial charge in [0.25, 0.3) is 5.56 Å². The van der Waals surface area contributed by atoms with Crippen LogP contribution in [0, 0.1) is 5.92 Å². The maximum absolute atomic E-state index is 12.9. The number of hydrogen-bond acceptors (Lipinski definition) is 6. The van der Waals surface area contributed by atoms with Crippen molar-refractivity contribution in [2.75, 3.05) is 24.5 Å². The second-order valence-corrected chi connectivity index (χ2v) is 10.2. The van der Waals surface area contributed by atoms with Crippen molar-refractivity contribution in [1.82, 2.24) is 24.9 Å². The molecule has 1 aliphatic heterocycles. The molecule has 4 aromatic rings. The number of piperidine rings is 1. The number of rotatable bonds is 5. The van der Waals surface area contributed by atoms with E-state index in [2.05, 4.69) is 32.4 Å². The molecule has 1 saturated heterocycles. The molecule has 2 N–H and O–H groups in total. The third-order valence-corrected chi connectivity index (χ3v) is 8.07. The van der Waals surface area contributed by atoms with Crippen LogP contribution >= 0.6 is 11.3 Å². The highest BCUT2D eigenvalue weighted by molar-refractivity contribution is 7.20. The summed E-state index contributed by atoms with van der Waals surface area (Å²) in [5.74, 6) is 0.0121. The second-order valence-electron chi connectivity index (χ2n) is 9.31. The molecule has 1 fully saturated rings. The van der Waals surface area contributed by atoms with Gasteiger partial charge in [-0.25, -0.2) is 4.98 Å². The van der Waals surface area contributed by atoms with Crippen LogP contribution in [0.2, 0.25) is 0 Å². The Kier molecular flexibility index (Phi) is 5.57. The zero-order valence-electron chi connectivity index (χ0n) is 19.0. The standard InChI is InChI=1S/C25H28N6O2S/c32-22(26-12-11-16-14-27-20-9-3-1-7-18(16)20)17-6-5-13-30(15-17)25-29-31-23(33)19-8-2-4-10-21(19)28-24(31)34-25/h1,3,7,9,14,17,27H,2,4-6,8,10-13,15H2,(H,26,32)/t17-/m0/s1. The summed E-state index contributed by atoms with van der Waals surface area (Å²) in [4.78, 5) is 36.7. The van der Waals surface area contributed by atoms with Crippen molar-refractivity contribution in [3.8, 4) is 0 Å². The molecule has 9 heteroatoms. The van der Waals surface area contributed by atoms with Gasteiger partial charge in [-0.1, -0.05) is 29.5 Å². The highest BCUT2D eigenvalue weighted by Crippen LogP contribution is 2.28. The van der Waals surface area contributed by atoms with E-state index in [0.717, 1.165) is 73.4 Å². The molecule has 176 valence electrons. The number of nitrogens with one attached hydrogen (secondary N) is 2. The Bertz CT molecular complexity index is 1420. The molecule has 3 aromatic heterocycles. The molecule has 0 radical (unpaired) electrons. The second kappa shape index (κ2) is 8.87. The highest BCUT2D eigenvalue weighted by atomic mass is 32.1. The largest absolute Gasteiger partial charge is 0.361 e. The first-order chi connectivity index (χ1) is 16.7. The van der Waals surface area contributed by atoms with Crippen LogP contribution in [0.15, 0.2) is 35.3 Å². The van der Waals surface area contributed by atoms with Crippen LogP contribution in [0.1, 0.15) is 42.5 Å². The Balaban J connectivity index is 1.12. The van der Waals surface area contributed by atoms with Crippen molar-refractivity contribution in [2.24, 2.45) is 5.92 Å². The normalized spacial score (nSPS) is 18.4. The number of aryl methyl sites for hydroxylation is 1. The first-order valence-electron chi connectivity index (χ1n) is 12.2. The van der Waals surface area contributed by atoms with E-state index in [1.165, 1.54) is 26.8 Å². The molecule has 4 heterocycles. The number of nitrogens with zero attached hydrogens (tertiary/aromatic N) is 4. The van der Waals surface area contributed by atoms with Gasteiger partial charge in [0.15, 0.2) is 0 Å². The Morgan fingerprint density at radius 3 is 3.03 bits per heavy atom. The Morgan fingerprint density at radius 2 is 2.09 bits per heavy atom. The van der Waals surface area contributed by atoms with E-state index in [0.29, 0.717) is 18.1 Å². The van der Waals surface area contributed by atoms with Crippen LogP contribution in [0.4, 0.5) is 5.13 Å². The van der Waals surface area contributed by atoms with Crippen LogP contribution < -0.4 is 15.8 Å². The van der Waals surface area contributed by atoms with Gasteiger partial charge < -0.3 is 15.2 Å². The predicted octanol–water partition coefficient (Wildman–Crippen LogP) is 3.09. The lowest BCUT2D eigenvalue weighted by Gasteiger charge is -2.31. The smallest absolute Gasteiger partial charge is 0.278 e. The predicted molar refractivity (Wildman–Crippen MR) is 134 cm³/mol. The molecule has 2 aliphatic rings. The van der Waals surface area contributed by atoms with Crippen LogP contribution in [0.3, 0.4) is 0 Å². The molecule has 1 aromatic carbocycles. The Labute approximate surface area is 201 Å². The molecule has 1 aliphatic carbocycles. The Hall–Kier alpha value is -3.20. The molecule has 34 heavy (non-hydrogen) atoms. The van der Waals surface area contributed by atoms with Gasteiger partial charge in [-0.2, -0.15) is 4.52 Å². The van der Waals surface area contributed by atoms with Crippen LogP contribution in [0.5, 0.6) is 0 Å². The third kappa shape index (κ3) is 3.87. The first-order valence-corrected chi connectivity index (χ1v) is 13.0. The van der Waals surface area contributed by atoms with Gasteiger partial charge in [0.2, 0.25) is 16.0 Å². The van der Waals surface area contributed by atoms with Crippen molar-refractivity contribution in [3.63, 3.8) is 0 Å². The number of anilines is 1. The number of aromatic nitrogens is 4. The molecule has 0 spiro atoms. The lowest BCUT2D eigenvalue weighted by molar-refractivity contribution is -0.125. The summed E-state index contributed by atoms with van der Waals surface area (Å²) in [5, 5.41) is 9.74. The number of benzene rings is 1. The molecular weight excluding hydrogens is 448 g/mol. The van der Waals surface area contributed by atoms with Gasteiger partial charge in [-0.3, -0.25) is 9.59 Å². The van der Waals surface area contributed by atoms with Crippen LogP contribution in [-0.2, 0) is 24.1 Å². The number of fused-ring (bicyclic) bond motifs is 3. The van der Waals surface area contributed by atoms with E-state index in [1.54, 1.807) is 0 Å². The fourth-order valence-corrected chi connectivity index (χ4v) is 6.21. The van der Waals surface area contributed by atoms with Crippen molar-refractivity contribution in [2.45, 2.75) is 44.9 Å². The minimum atomic E-state index is -0.0818. The molecule has 8 nitrogen and oxygen atoms in total. The van der Waals surface area contributed by atoms with E-state index in [4.69, 9.17) is 4.98 Å². The SMILES string of the molecule is O=C(NCCc1c[nH]c2ccccc12)[C@H]1CCCN(c2nn3c(=O)c4c(nc3s2)CCCC4)C1. The van der Waals surface area contributed by atoms with Crippen molar-refractivity contribution >= 4 is 38.2 Å². The van der Waals surface area contributed by atoms with Crippen molar-refractivity contribution in [3.05, 3.63) is 57.6 Å². The Morgan fingerprint density at radius 1 is 1.21 bits per heavy atom. The average molecular weight is 477 g/mol. The summed E-state index contributed by atoms with van der Waals surface area (Å²) in [7, 11) is 0. The summed E-state index contributed by atoms with van der Waals surface area (Å²) in [6.07, 6.45) is 8.41. The zero-order valence-corrected chi connectivity index (χ0v) is 19.9. The molecule has 0 saturated carbocycles. The van der Waals surface area contributed by atoms with Gasteiger partial charge in [0, 0.05) is 42.3 Å². The van der Waals surface area contributed by atoms with Crippen molar-refractivity contribution in [1.29, 1.82) is 0 Å². The summed E-state index contributed by atoms with van der Waals surface area (Å²) >= 11 is 1.45.